The van der Waals surface area contributed by atoms with Crippen LogP contribution in [0.2, 0.25) is 0 Å². The molecule has 1 unspecified atom stereocenters. The summed E-state index contributed by atoms with van der Waals surface area (Å²) in [5.41, 5.74) is 2.77. The van der Waals surface area contributed by atoms with Crippen LogP contribution in [-0.4, -0.2) is 89.9 Å². The molecule has 1 aromatic rings. The lowest BCUT2D eigenvalue weighted by Crippen LogP contribution is -2.62. The van der Waals surface area contributed by atoms with Crippen LogP contribution in [0.3, 0.4) is 0 Å². The van der Waals surface area contributed by atoms with Crippen molar-refractivity contribution in [1.29, 1.82) is 0 Å². The molecule has 2 aliphatic heterocycles. The van der Waals surface area contributed by atoms with E-state index in [2.05, 4.69) is 0 Å². The van der Waals surface area contributed by atoms with Gasteiger partial charge in [-0.2, -0.15) is 10.1 Å². The van der Waals surface area contributed by atoms with Crippen molar-refractivity contribution < 1.29 is 24.1 Å². The fourth-order valence-electron chi connectivity index (χ4n) is 3.76. The fraction of sp³-hybridized carbons (Fsp3) is 0.579. The Kier molecular flexibility index (Phi) is 7.01. The topological polar surface area (TPSA) is 88.6 Å². The molecule has 3 amide bonds. The van der Waals surface area contributed by atoms with Gasteiger partial charge in [0.2, 0.25) is 0 Å². The van der Waals surface area contributed by atoms with E-state index in [1.165, 1.54) is 22.1 Å². The molecule has 2 N–H and O–H groups in total. The van der Waals surface area contributed by atoms with Crippen LogP contribution in [0.25, 0.3) is 0 Å². The van der Waals surface area contributed by atoms with E-state index in [1.54, 1.807) is 29.5 Å². The van der Waals surface area contributed by atoms with Crippen LogP contribution in [0.4, 0.5) is 9.18 Å². The van der Waals surface area contributed by atoms with Crippen molar-refractivity contribution in [2.75, 3.05) is 46.8 Å². The molecule has 2 fully saturated rings. The number of hydrogen-bond acceptors (Lipinski definition) is 6. The number of nitrogens with one attached hydrogen (secondary N) is 1. The summed E-state index contributed by atoms with van der Waals surface area (Å²) in [6, 6.07) is 5.58. The Labute approximate surface area is 169 Å². The molecule has 9 nitrogen and oxygen atoms in total. The van der Waals surface area contributed by atoms with Crippen molar-refractivity contribution >= 4 is 11.9 Å². The minimum absolute atomic E-state index is 0.120. The van der Waals surface area contributed by atoms with E-state index in [-0.39, 0.29) is 18.4 Å². The molecular formula is C19H28FN5O4. The Balaban J connectivity index is 1.57. The van der Waals surface area contributed by atoms with Crippen LogP contribution in [0.1, 0.15) is 24.3 Å². The summed E-state index contributed by atoms with van der Waals surface area (Å²) in [4.78, 5) is 33.3. The first-order valence-electron chi connectivity index (χ1n) is 9.74. The largest absolute Gasteiger partial charge is 0.331 e. The third-order valence-electron chi connectivity index (χ3n) is 5.41. The third-order valence-corrected chi connectivity index (χ3v) is 5.41. The molecule has 160 valence electrons. The number of rotatable bonds is 4. The zero-order chi connectivity index (χ0) is 21.0. The van der Waals surface area contributed by atoms with Crippen LogP contribution < -0.4 is 5.48 Å². The molecular weight excluding hydrogens is 381 g/mol. The highest BCUT2D eigenvalue weighted by atomic mass is 19.1. The lowest BCUT2D eigenvalue weighted by molar-refractivity contribution is -0.347. The minimum atomic E-state index is -0.813. The smallest absolute Gasteiger partial charge is 0.319 e. The molecule has 2 aliphatic rings. The van der Waals surface area contributed by atoms with Crippen LogP contribution in [-0.2, 0) is 9.73 Å². The first-order chi connectivity index (χ1) is 13.9. The van der Waals surface area contributed by atoms with Gasteiger partial charge in [-0.05, 0) is 36.5 Å². The Bertz CT molecular complexity index is 709. The van der Waals surface area contributed by atoms with Gasteiger partial charge in [-0.25, -0.2) is 19.6 Å². The zero-order valence-corrected chi connectivity index (χ0v) is 16.8. The summed E-state index contributed by atoms with van der Waals surface area (Å²) in [6.07, 6.45) is 1.70. The SMILES string of the molecule is CN(C)C(=O)N1CCN(ON2CCC(c3ccc(F)cc3)CC2)C(C(=O)NO)C1. The van der Waals surface area contributed by atoms with E-state index in [0.29, 0.717) is 32.1 Å². The van der Waals surface area contributed by atoms with E-state index in [0.717, 1.165) is 18.4 Å². The van der Waals surface area contributed by atoms with E-state index >= 15 is 0 Å². The number of urea groups is 1. The van der Waals surface area contributed by atoms with Crippen LogP contribution >= 0.6 is 0 Å². The molecule has 1 aromatic carbocycles. The van der Waals surface area contributed by atoms with Crippen molar-refractivity contribution in [1.82, 2.24) is 25.4 Å². The van der Waals surface area contributed by atoms with Crippen molar-refractivity contribution in [2.45, 2.75) is 24.8 Å². The van der Waals surface area contributed by atoms with E-state index in [1.807, 2.05) is 12.1 Å². The molecule has 0 bridgehead atoms. The first kappa shape index (κ1) is 21.4. The van der Waals surface area contributed by atoms with Crippen molar-refractivity contribution in [2.24, 2.45) is 0 Å². The number of carbonyl (C=O) groups excluding carboxylic acids is 2. The molecule has 0 radical (unpaired) electrons. The molecule has 0 aliphatic carbocycles. The first-order valence-corrected chi connectivity index (χ1v) is 9.74. The lowest BCUT2D eigenvalue weighted by atomic mass is 9.90. The van der Waals surface area contributed by atoms with Gasteiger partial charge in [-0.3, -0.25) is 10.0 Å². The van der Waals surface area contributed by atoms with Gasteiger partial charge < -0.3 is 9.80 Å². The van der Waals surface area contributed by atoms with Gasteiger partial charge in [0.1, 0.15) is 11.9 Å². The predicted octanol–water partition coefficient (Wildman–Crippen LogP) is 1.02. The monoisotopic (exact) mass is 409 g/mol. The molecule has 0 aromatic heterocycles. The Morgan fingerprint density at radius 3 is 2.38 bits per heavy atom. The number of benzene rings is 1. The lowest BCUT2D eigenvalue weighted by Gasteiger charge is -2.42. The Morgan fingerprint density at radius 1 is 1.14 bits per heavy atom. The summed E-state index contributed by atoms with van der Waals surface area (Å²) in [7, 11) is 3.30. The molecule has 2 saturated heterocycles. The van der Waals surface area contributed by atoms with Gasteiger partial charge >= 0.3 is 6.03 Å². The third kappa shape index (κ3) is 5.21. The Hall–Kier alpha value is -2.27. The quantitative estimate of drug-likeness (QED) is 0.570. The summed E-state index contributed by atoms with van der Waals surface area (Å²) >= 11 is 0. The number of hydroxylamine groups is 5. The summed E-state index contributed by atoms with van der Waals surface area (Å²) in [5.74, 6) is -0.529. The number of halogens is 1. The highest BCUT2D eigenvalue weighted by Gasteiger charge is 2.37. The minimum Gasteiger partial charge on any atom is -0.331 e. The van der Waals surface area contributed by atoms with Gasteiger partial charge in [0.05, 0.1) is 0 Å². The highest BCUT2D eigenvalue weighted by molar-refractivity contribution is 5.82. The van der Waals surface area contributed by atoms with Gasteiger partial charge in [0.15, 0.2) is 0 Å². The van der Waals surface area contributed by atoms with Crippen LogP contribution in [0.15, 0.2) is 24.3 Å². The zero-order valence-electron chi connectivity index (χ0n) is 16.8. The molecule has 10 heteroatoms. The number of piperazine rings is 1. The Morgan fingerprint density at radius 2 is 1.79 bits per heavy atom. The van der Waals surface area contributed by atoms with Gasteiger partial charge in [0.25, 0.3) is 5.91 Å². The summed E-state index contributed by atoms with van der Waals surface area (Å²) in [5, 5.41) is 12.4. The number of amides is 3. The number of carbonyl (C=O) groups is 2. The van der Waals surface area contributed by atoms with E-state index in [4.69, 9.17) is 10.1 Å². The van der Waals surface area contributed by atoms with Crippen LogP contribution in [0, 0.1) is 5.82 Å². The maximum absolute atomic E-state index is 13.1. The summed E-state index contributed by atoms with van der Waals surface area (Å²) < 4.78 is 13.1. The second-order valence-electron chi connectivity index (χ2n) is 7.59. The molecule has 29 heavy (non-hydrogen) atoms. The van der Waals surface area contributed by atoms with E-state index in [9.17, 15) is 14.0 Å². The number of piperidine rings is 1. The predicted molar refractivity (Wildman–Crippen MR) is 102 cm³/mol. The number of nitrogens with zero attached hydrogens (tertiary/aromatic N) is 4. The standard InChI is InChI=1S/C19H28FN5O4/c1-22(2)19(27)23-11-12-25(17(13-23)18(26)21-28)29-24-9-7-15(8-10-24)14-3-5-16(20)6-4-14/h3-6,15,17,28H,7-13H2,1-2H3,(H,21,26). The molecule has 2 heterocycles. The fourth-order valence-corrected chi connectivity index (χ4v) is 3.76. The van der Waals surface area contributed by atoms with Gasteiger partial charge in [-0.15, -0.1) is 0 Å². The van der Waals surface area contributed by atoms with Crippen LogP contribution in [0.5, 0.6) is 0 Å². The van der Waals surface area contributed by atoms with Gasteiger partial charge in [-0.1, -0.05) is 12.1 Å². The molecule has 0 saturated carbocycles. The second-order valence-corrected chi connectivity index (χ2v) is 7.59. The average Bonchev–Trinajstić information content (AvgIpc) is 2.74. The maximum atomic E-state index is 13.1. The molecule has 0 spiro atoms. The molecule has 3 rings (SSSR count). The van der Waals surface area contributed by atoms with Crippen molar-refractivity contribution in [3.63, 3.8) is 0 Å². The van der Waals surface area contributed by atoms with Crippen molar-refractivity contribution in [3.05, 3.63) is 35.6 Å². The highest BCUT2D eigenvalue weighted by Crippen LogP contribution is 2.28. The summed E-state index contributed by atoms with van der Waals surface area (Å²) in [6.45, 7) is 2.20. The number of hydrogen-bond donors (Lipinski definition) is 2. The van der Waals surface area contributed by atoms with Crippen molar-refractivity contribution in [3.8, 4) is 0 Å². The normalized spacial score (nSPS) is 21.8. The van der Waals surface area contributed by atoms with Gasteiger partial charge in [0, 0.05) is 46.8 Å². The van der Waals surface area contributed by atoms with E-state index < -0.39 is 11.9 Å². The average molecular weight is 409 g/mol. The maximum Gasteiger partial charge on any atom is 0.319 e. The second kappa shape index (κ2) is 9.49. The molecule has 1 atom stereocenters.